The first-order chi connectivity index (χ1) is 16.7. The van der Waals surface area contributed by atoms with Gasteiger partial charge in [-0.05, 0) is 53.2 Å². The maximum atomic E-state index is 14.6. The van der Waals surface area contributed by atoms with Crippen molar-refractivity contribution in [2.24, 2.45) is 0 Å². The number of piperidine rings is 1. The zero-order valence-corrected chi connectivity index (χ0v) is 21.4. The van der Waals surface area contributed by atoms with Crippen LogP contribution in [0.2, 0.25) is 0 Å². The van der Waals surface area contributed by atoms with E-state index in [1.54, 1.807) is 22.5 Å². The summed E-state index contributed by atoms with van der Waals surface area (Å²) >= 11 is 1.37. The van der Waals surface area contributed by atoms with E-state index in [0.29, 0.717) is 23.7 Å². The Morgan fingerprint density at radius 1 is 1.19 bits per heavy atom. The van der Waals surface area contributed by atoms with E-state index < -0.39 is 17.3 Å². The number of carbonyl (C=O) groups is 1. The van der Waals surface area contributed by atoms with Gasteiger partial charge in [0.25, 0.3) is 6.01 Å². The Morgan fingerprint density at radius 2 is 1.89 bits per heavy atom. The molecule has 12 heteroatoms. The van der Waals surface area contributed by atoms with Crippen LogP contribution in [0.5, 0.6) is 5.75 Å². The Morgan fingerprint density at radius 3 is 2.47 bits per heavy atom. The lowest BCUT2D eigenvalue weighted by Gasteiger charge is -2.55. The number of alkyl halides is 2. The summed E-state index contributed by atoms with van der Waals surface area (Å²) in [6.45, 7) is 8.35. The number of thiazole rings is 1. The van der Waals surface area contributed by atoms with Gasteiger partial charge in [-0.3, -0.25) is 4.90 Å². The van der Waals surface area contributed by atoms with Crippen molar-refractivity contribution >= 4 is 34.5 Å². The van der Waals surface area contributed by atoms with Crippen LogP contribution >= 0.6 is 11.3 Å². The van der Waals surface area contributed by atoms with Crippen LogP contribution in [0.1, 0.15) is 41.0 Å². The summed E-state index contributed by atoms with van der Waals surface area (Å²) in [7, 11) is 0. The van der Waals surface area contributed by atoms with Gasteiger partial charge in [-0.2, -0.15) is 13.8 Å². The van der Waals surface area contributed by atoms with Gasteiger partial charge in [0, 0.05) is 24.7 Å². The molecule has 2 atom stereocenters. The summed E-state index contributed by atoms with van der Waals surface area (Å²) in [5, 5.41) is 12.3. The molecule has 3 aliphatic heterocycles. The summed E-state index contributed by atoms with van der Waals surface area (Å²) in [5.41, 5.74) is -2.05. The van der Waals surface area contributed by atoms with Crippen molar-refractivity contribution < 1.29 is 32.6 Å². The molecule has 36 heavy (non-hydrogen) atoms. The number of amides is 1. The van der Waals surface area contributed by atoms with Crippen LogP contribution in [0.3, 0.4) is 0 Å². The number of anilines is 1. The van der Waals surface area contributed by atoms with Crippen molar-refractivity contribution in [2.75, 3.05) is 18.0 Å². The van der Waals surface area contributed by atoms with E-state index in [1.807, 2.05) is 25.7 Å². The van der Waals surface area contributed by atoms with Gasteiger partial charge in [0.05, 0.1) is 17.6 Å². The first-order valence-corrected chi connectivity index (χ1v) is 12.5. The number of ether oxygens (including phenoxy) is 2. The van der Waals surface area contributed by atoms with Crippen LogP contribution in [0.15, 0.2) is 28.1 Å². The normalized spacial score (nSPS) is 20.4. The number of nitrogens with zero attached hydrogens (tertiary/aromatic N) is 4. The molecule has 2 unspecified atom stereocenters. The van der Waals surface area contributed by atoms with Crippen LogP contribution in [-0.2, 0) is 4.74 Å². The molecule has 2 aromatic heterocycles. The Labute approximate surface area is 210 Å². The highest BCUT2D eigenvalue weighted by atomic mass is 32.1. The predicted octanol–water partition coefficient (Wildman–Crippen LogP) is 4.89. The quantitative estimate of drug-likeness (QED) is 0.506. The molecular formula is C24H28F2N4O5S. The lowest BCUT2D eigenvalue weighted by atomic mass is 9.88. The molecule has 3 fully saturated rings. The molecule has 1 N–H and O–H groups in total. The van der Waals surface area contributed by atoms with Crippen LogP contribution in [0, 0.1) is 0 Å². The SMILES string of the molecule is CC(C)(C)OC(=O)N1C2CC1CN(c1nc3c(OC(F)(F)C(C)(C)O)ccc(-c4nccs4)c3o1)C2. The first-order valence-electron chi connectivity index (χ1n) is 11.6. The van der Waals surface area contributed by atoms with Crippen molar-refractivity contribution in [3.63, 3.8) is 0 Å². The molecule has 3 saturated heterocycles. The van der Waals surface area contributed by atoms with E-state index in [4.69, 9.17) is 13.9 Å². The molecule has 3 aromatic rings. The summed E-state index contributed by atoms with van der Waals surface area (Å²) in [6, 6.07) is 3.07. The van der Waals surface area contributed by atoms with Crippen molar-refractivity contribution in [2.45, 2.75) is 70.4 Å². The van der Waals surface area contributed by atoms with E-state index in [-0.39, 0.29) is 41.0 Å². The predicted molar refractivity (Wildman–Crippen MR) is 129 cm³/mol. The molecular weight excluding hydrogens is 494 g/mol. The number of hydrogen-bond donors (Lipinski definition) is 1. The van der Waals surface area contributed by atoms with Gasteiger partial charge in [-0.15, -0.1) is 11.3 Å². The van der Waals surface area contributed by atoms with Crippen molar-refractivity contribution in [3.8, 4) is 16.3 Å². The molecule has 194 valence electrons. The fraction of sp³-hybridized carbons (Fsp3) is 0.542. The molecule has 2 bridgehead atoms. The van der Waals surface area contributed by atoms with Crippen molar-refractivity contribution in [1.82, 2.24) is 14.9 Å². The fourth-order valence-corrected chi connectivity index (χ4v) is 5.02. The van der Waals surface area contributed by atoms with Gasteiger partial charge in [0.2, 0.25) is 0 Å². The molecule has 0 saturated carbocycles. The molecule has 0 radical (unpaired) electrons. The van der Waals surface area contributed by atoms with Gasteiger partial charge >= 0.3 is 12.2 Å². The highest BCUT2D eigenvalue weighted by molar-refractivity contribution is 7.13. The number of benzene rings is 1. The first kappa shape index (κ1) is 24.7. The number of oxazole rings is 1. The van der Waals surface area contributed by atoms with Gasteiger partial charge in [0.15, 0.2) is 22.5 Å². The van der Waals surface area contributed by atoms with E-state index in [1.165, 1.54) is 17.4 Å². The van der Waals surface area contributed by atoms with E-state index in [2.05, 4.69) is 9.97 Å². The Kier molecular flexibility index (Phi) is 5.67. The van der Waals surface area contributed by atoms with E-state index in [9.17, 15) is 18.7 Å². The number of rotatable bonds is 5. The molecule has 1 aromatic carbocycles. The number of carbonyl (C=O) groups excluding carboxylic acids is 1. The molecule has 5 heterocycles. The number of halogens is 2. The van der Waals surface area contributed by atoms with Gasteiger partial charge in [-0.25, -0.2) is 9.78 Å². The lowest BCUT2D eigenvalue weighted by Crippen LogP contribution is -2.70. The highest BCUT2D eigenvalue weighted by Crippen LogP contribution is 2.42. The van der Waals surface area contributed by atoms with E-state index >= 15 is 0 Å². The number of aromatic nitrogens is 2. The Bertz CT molecular complexity index is 1270. The molecule has 0 aliphatic carbocycles. The summed E-state index contributed by atoms with van der Waals surface area (Å²) in [5.74, 6) is -0.218. The standard InChI is InChI=1S/C24H28F2N4O5S/c1-22(2,3)35-21(31)30-13-10-14(30)12-29(11-13)20-28-17-16(34-24(25,26)23(4,5)32)7-6-15(18(17)33-20)19-27-8-9-36-19/h6-9,13-14,32H,10-12H2,1-5H3. The second-order valence-electron chi connectivity index (χ2n) is 10.6. The fourth-order valence-electron chi connectivity index (χ4n) is 4.36. The van der Waals surface area contributed by atoms with Crippen molar-refractivity contribution in [1.29, 1.82) is 0 Å². The largest absolute Gasteiger partial charge is 0.444 e. The molecule has 9 nitrogen and oxygen atoms in total. The van der Waals surface area contributed by atoms with Crippen LogP contribution < -0.4 is 9.64 Å². The van der Waals surface area contributed by atoms with Crippen LogP contribution in [-0.4, -0.2) is 68.6 Å². The minimum atomic E-state index is -3.87. The minimum Gasteiger partial charge on any atom is -0.444 e. The Balaban J connectivity index is 1.46. The minimum absolute atomic E-state index is 0.0673. The van der Waals surface area contributed by atoms with Gasteiger partial charge in [-0.1, -0.05) is 0 Å². The number of piperazine rings is 1. The maximum Gasteiger partial charge on any atom is 0.426 e. The Hall–Kier alpha value is -2.99. The molecule has 6 rings (SSSR count). The van der Waals surface area contributed by atoms with Gasteiger partial charge in [0.1, 0.15) is 10.6 Å². The average Bonchev–Trinajstić information content (AvgIpc) is 3.42. The smallest absolute Gasteiger partial charge is 0.426 e. The second kappa shape index (κ2) is 8.27. The third kappa shape index (κ3) is 4.36. The van der Waals surface area contributed by atoms with Crippen LogP contribution in [0.25, 0.3) is 21.7 Å². The van der Waals surface area contributed by atoms with Crippen LogP contribution in [0.4, 0.5) is 19.6 Å². The number of fused-ring (bicyclic) bond motifs is 3. The van der Waals surface area contributed by atoms with Gasteiger partial charge < -0.3 is 23.9 Å². The maximum absolute atomic E-state index is 14.6. The topological polar surface area (TPSA) is 101 Å². The monoisotopic (exact) mass is 522 g/mol. The van der Waals surface area contributed by atoms with Crippen molar-refractivity contribution in [3.05, 3.63) is 23.7 Å². The summed E-state index contributed by atoms with van der Waals surface area (Å²) < 4.78 is 45.7. The molecule has 3 aliphatic rings. The molecule has 1 amide bonds. The third-order valence-electron chi connectivity index (χ3n) is 6.18. The summed E-state index contributed by atoms with van der Waals surface area (Å²) in [4.78, 5) is 25.1. The average molecular weight is 523 g/mol. The lowest BCUT2D eigenvalue weighted by molar-refractivity contribution is -0.275. The molecule has 0 spiro atoms. The zero-order chi connectivity index (χ0) is 26.0. The number of aliphatic hydroxyl groups is 1. The second-order valence-corrected chi connectivity index (χ2v) is 11.5. The summed E-state index contributed by atoms with van der Waals surface area (Å²) in [6.07, 6.45) is -1.74. The third-order valence-corrected chi connectivity index (χ3v) is 6.98. The van der Waals surface area contributed by atoms with E-state index in [0.717, 1.165) is 20.3 Å². The zero-order valence-electron chi connectivity index (χ0n) is 20.6. The highest BCUT2D eigenvalue weighted by Gasteiger charge is 2.51. The number of hydrogen-bond acceptors (Lipinski definition) is 9.